The third-order valence-electron chi connectivity index (χ3n) is 3.40. The first-order chi connectivity index (χ1) is 11.1. The molecule has 0 bridgehead atoms. The van der Waals surface area contributed by atoms with Gasteiger partial charge >= 0.3 is 7.60 Å². The predicted molar refractivity (Wildman–Crippen MR) is 94.8 cm³/mol. The number of hydrogen-bond donors (Lipinski definition) is 1. The molecule has 124 valence electrons. The zero-order valence-electron chi connectivity index (χ0n) is 13.9. The number of hydrogen-bond acceptors (Lipinski definition) is 4. The van der Waals surface area contributed by atoms with E-state index in [0.717, 1.165) is 16.8 Å². The summed E-state index contributed by atoms with van der Waals surface area (Å²) in [5.74, 6) is -0.551. The van der Waals surface area contributed by atoms with Crippen LogP contribution in [0.5, 0.6) is 0 Å². The first kappa shape index (κ1) is 17.7. The molecule has 0 spiro atoms. The van der Waals surface area contributed by atoms with Gasteiger partial charge in [0.1, 0.15) is 0 Å². The molecule has 1 atom stereocenters. The maximum atomic E-state index is 13.3. The van der Waals surface area contributed by atoms with Gasteiger partial charge in [-0.3, -0.25) is 4.57 Å². The fourth-order valence-electron chi connectivity index (χ4n) is 2.33. The Morgan fingerprint density at radius 1 is 0.957 bits per heavy atom. The van der Waals surface area contributed by atoms with E-state index in [1.54, 1.807) is 0 Å². The van der Waals surface area contributed by atoms with Gasteiger partial charge in [0.15, 0.2) is 5.78 Å². The smallest absolute Gasteiger partial charge is 0.357 e. The summed E-state index contributed by atoms with van der Waals surface area (Å²) >= 11 is 0. The Bertz CT molecular complexity index is 633. The zero-order chi connectivity index (χ0) is 16.7. The van der Waals surface area contributed by atoms with Crippen molar-refractivity contribution in [1.82, 2.24) is 0 Å². The largest absolute Gasteiger partial charge is 0.368 e. The van der Waals surface area contributed by atoms with Crippen LogP contribution >= 0.6 is 7.60 Å². The predicted octanol–water partition coefficient (Wildman–Crippen LogP) is 5.37. The normalized spacial score (nSPS) is 12.8. The monoisotopic (exact) mass is 333 g/mol. The van der Waals surface area contributed by atoms with Crippen LogP contribution in [-0.2, 0) is 13.6 Å². The summed E-state index contributed by atoms with van der Waals surface area (Å²) in [4.78, 5) is 0. The lowest BCUT2D eigenvalue weighted by molar-refractivity contribution is 0.214. The molecule has 0 fully saturated rings. The van der Waals surface area contributed by atoms with Crippen LogP contribution in [0.3, 0.4) is 0 Å². The van der Waals surface area contributed by atoms with E-state index in [-0.39, 0.29) is 0 Å². The van der Waals surface area contributed by atoms with Crippen LogP contribution in [0.1, 0.15) is 30.8 Å². The molecule has 0 saturated heterocycles. The molecule has 5 heteroatoms. The number of rotatable bonds is 8. The van der Waals surface area contributed by atoms with Crippen LogP contribution in [0.25, 0.3) is 0 Å². The SMILES string of the molecule is CCOP(=O)(OCC)C(Nc1ccccc1)c1ccc(C)cc1. The highest BCUT2D eigenvalue weighted by Gasteiger charge is 2.37. The van der Waals surface area contributed by atoms with Crippen LogP contribution in [0.15, 0.2) is 54.6 Å². The summed E-state index contributed by atoms with van der Waals surface area (Å²) in [6, 6.07) is 17.6. The fourth-order valence-corrected chi connectivity index (χ4v) is 4.27. The lowest BCUT2D eigenvalue weighted by Gasteiger charge is -2.28. The van der Waals surface area contributed by atoms with Crippen LogP contribution in [-0.4, -0.2) is 13.2 Å². The first-order valence-corrected chi connectivity index (χ1v) is 9.47. The van der Waals surface area contributed by atoms with Gasteiger partial charge in [0.25, 0.3) is 0 Å². The van der Waals surface area contributed by atoms with Crippen LogP contribution in [0, 0.1) is 6.92 Å². The molecule has 0 aliphatic heterocycles. The minimum atomic E-state index is -3.34. The molecule has 4 nitrogen and oxygen atoms in total. The van der Waals surface area contributed by atoms with Crippen molar-refractivity contribution in [2.24, 2.45) is 0 Å². The highest BCUT2D eigenvalue weighted by molar-refractivity contribution is 7.54. The Balaban J connectivity index is 2.40. The molecule has 0 amide bonds. The third kappa shape index (κ3) is 4.68. The van der Waals surface area contributed by atoms with Gasteiger partial charge in [-0.05, 0) is 38.5 Å². The quantitative estimate of drug-likeness (QED) is 0.660. The van der Waals surface area contributed by atoms with Crippen molar-refractivity contribution >= 4 is 13.3 Å². The van der Waals surface area contributed by atoms with Crippen LogP contribution in [0.2, 0.25) is 0 Å². The number of aryl methyl sites for hydroxylation is 1. The molecule has 1 N–H and O–H groups in total. The second-order valence-corrected chi connectivity index (χ2v) is 7.31. The van der Waals surface area contributed by atoms with Gasteiger partial charge in [0.05, 0.1) is 13.2 Å². The molecule has 0 saturated carbocycles. The van der Waals surface area contributed by atoms with E-state index in [4.69, 9.17) is 9.05 Å². The van der Waals surface area contributed by atoms with Crippen molar-refractivity contribution in [1.29, 1.82) is 0 Å². The minimum absolute atomic E-state index is 0.329. The summed E-state index contributed by atoms with van der Waals surface area (Å²) in [6.07, 6.45) is 0. The number of benzene rings is 2. The van der Waals surface area contributed by atoms with E-state index in [9.17, 15) is 4.57 Å². The Morgan fingerprint density at radius 2 is 1.52 bits per heavy atom. The third-order valence-corrected chi connectivity index (χ3v) is 5.70. The Labute approximate surface area is 138 Å². The Kier molecular flexibility index (Phi) is 6.40. The van der Waals surface area contributed by atoms with Gasteiger partial charge in [-0.2, -0.15) is 0 Å². The Hall–Kier alpha value is -1.61. The molecule has 0 radical (unpaired) electrons. The lowest BCUT2D eigenvalue weighted by atomic mass is 10.1. The highest BCUT2D eigenvalue weighted by atomic mass is 31.2. The summed E-state index contributed by atoms with van der Waals surface area (Å²) in [5.41, 5.74) is 2.90. The molecular weight excluding hydrogens is 309 g/mol. The summed E-state index contributed by atoms with van der Waals surface area (Å²) in [6.45, 7) is 6.32. The Morgan fingerprint density at radius 3 is 2.04 bits per heavy atom. The van der Waals surface area contributed by atoms with Gasteiger partial charge in [0.2, 0.25) is 0 Å². The van der Waals surface area contributed by atoms with Crippen molar-refractivity contribution in [3.05, 3.63) is 65.7 Å². The number of para-hydroxylation sites is 1. The molecule has 0 heterocycles. The highest BCUT2D eigenvalue weighted by Crippen LogP contribution is 2.60. The molecular formula is C18H24NO3P. The lowest BCUT2D eigenvalue weighted by Crippen LogP contribution is -2.15. The van der Waals surface area contributed by atoms with E-state index >= 15 is 0 Å². The van der Waals surface area contributed by atoms with Gasteiger partial charge in [-0.1, -0.05) is 48.0 Å². The number of anilines is 1. The minimum Gasteiger partial charge on any atom is -0.368 e. The maximum absolute atomic E-state index is 13.3. The van der Waals surface area contributed by atoms with E-state index in [1.807, 2.05) is 75.4 Å². The molecule has 0 aromatic heterocycles. The van der Waals surface area contributed by atoms with Crippen LogP contribution < -0.4 is 5.32 Å². The second-order valence-electron chi connectivity index (χ2n) is 5.20. The van der Waals surface area contributed by atoms with Gasteiger partial charge < -0.3 is 14.4 Å². The van der Waals surface area contributed by atoms with E-state index in [2.05, 4.69) is 5.32 Å². The number of nitrogens with one attached hydrogen (secondary N) is 1. The van der Waals surface area contributed by atoms with Gasteiger partial charge in [0, 0.05) is 5.69 Å². The molecule has 1 unspecified atom stereocenters. The van der Waals surface area contributed by atoms with Crippen molar-refractivity contribution in [2.75, 3.05) is 18.5 Å². The fraction of sp³-hybridized carbons (Fsp3) is 0.333. The van der Waals surface area contributed by atoms with E-state index < -0.39 is 13.4 Å². The van der Waals surface area contributed by atoms with Crippen molar-refractivity contribution in [3.8, 4) is 0 Å². The first-order valence-electron chi connectivity index (χ1n) is 7.86. The van der Waals surface area contributed by atoms with Crippen molar-refractivity contribution in [3.63, 3.8) is 0 Å². The van der Waals surface area contributed by atoms with E-state index in [0.29, 0.717) is 13.2 Å². The standard InChI is InChI=1S/C18H24NO3P/c1-4-21-23(20,22-5-2)18(16-13-11-15(3)12-14-16)19-17-9-7-6-8-10-17/h6-14,18-19H,4-5H2,1-3H3. The van der Waals surface area contributed by atoms with E-state index in [1.165, 1.54) is 0 Å². The second kappa shape index (κ2) is 8.30. The van der Waals surface area contributed by atoms with Gasteiger partial charge in [-0.25, -0.2) is 0 Å². The van der Waals surface area contributed by atoms with Crippen molar-refractivity contribution in [2.45, 2.75) is 26.6 Å². The average molecular weight is 333 g/mol. The zero-order valence-corrected chi connectivity index (χ0v) is 14.8. The molecule has 2 rings (SSSR count). The summed E-state index contributed by atoms with van der Waals surface area (Å²) in [7, 11) is -3.34. The van der Waals surface area contributed by atoms with Gasteiger partial charge in [-0.15, -0.1) is 0 Å². The molecule has 2 aromatic rings. The maximum Gasteiger partial charge on any atom is 0.357 e. The average Bonchev–Trinajstić information content (AvgIpc) is 2.55. The van der Waals surface area contributed by atoms with Crippen LogP contribution in [0.4, 0.5) is 5.69 Å². The topological polar surface area (TPSA) is 47.6 Å². The molecule has 23 heavy (non-hydrogen) atoms. The molecule has 0 aliphatic carbocycles. The summed E-state index contributed by atoms with van der Waals surface area (Å²) < 4.78 is 24.4. The summed E-state index contributed by atoms with van der Waals surface area (Å²) in [5, 5.41) is 3.31. The van der Waals surface area contributed by atoms with Crippen molar-refractivity contribution < 1.29 is 13.6 Å². The molecule has 0 aliphatic rings. The molecule has 2 aromatic carbocycles.